The topological polar surface area (TPSA) is 71.3 Å². The van der Waals surface area contributed by atoms with Crippen LogP contribution in [0, 0.1) is 6.92 Å². The highest BCUT2D eigenvalue weighted by atomic mass is 35.5. The maximum atomic E-state index is 12.6. The first kappa shape index (κ1) is 17.0. The van der Waals surface area contributed by atoms with Gasteiger partial charge in [0, 0.05) is 23.4 Å². The van der Waals surface area contributed by atoms with Crippen LogP contribution in [-0.4, -0.2) is 17.7 Å². The minimum Gasteiger partial charge on any atom is -0.449 e. The van der Waals surface area contributed by atoms with Crippen LogP contribution < -0.4 is 10.6 Å². The Labute approximate surface area is 150 Å². The molecule has 0 unspecified atom stereocenters. The first-order chi connectivity index (χ1) is 12.1. The first-order valence-electron chi connectivity index (χ1n) is 7.84. The van der Waals surface area contributed by atoms with Gasteiger partial charge < -0.3 is 15.1 Å². The van der Waals surface area contributed by atoms with Gasteiger partial charge in [-0.1, -0.05) is 29.8 Å². The number of amides is 2. The predicted octanol–water partition coefficient (Wildman–Crippen LogP) is 4.56. The zero-order valence-corrected chi connectivity index (χ0v) is 14.4. The van der Waals surface area contributed by atoms with E-state index in [4.69, 9.17) is 16.0 Å². The summed E-state index contributed by atoms with van der Waals surface area (Å²) in [6.45, 7) is 1.97. The lowest BCUT2D eigenvalue weighted by atomic mass is 10.2. The number of rotatable bonds is 5. The maximum Gasteiger partial charge on any atom is 0.293 e. The van der Waals surface area contributed by atoms with Gasteiger partial charge in [-0.25, -0.2) is 0 Å². The number of furan rings is 1. The average molecular weight is 357 g/mol. The minimum atomic E-state index is -0.429. The van der Waals surface area contributed by atoms with Gasteiger partial charge in [0.05, 0.1) is 0 Å². The van der Waals surface area contributed by atoms with E-state index in [1.54, 1.807) is 18.2 Å². The molecule has 0 spiro atoms. The fraction of sp³-hybridized carbons (Fsp3) is 0.158. The van der Waals surface area contributed by atoms with Crippen LogP contribution in [0.4, 0.5) is 11.4 Å². The van der Waals surface area contributed by atoms with Crippen molar-refractivity contribution in [1.29, 1.82) is 0 Å². The standard InChI is InChI=1S/C19H17ClN2O3/c1-12-6-8-13(9-7-12)21-19(24)18-17(22-16(23)10-11-20)14-4-2-3-5-15(14)25-18/h2-9H,10-11H2,1H3,(H,21,24)(H,22,23). The summed E-state index contributed by atoms with van der Waals surface area (Å²) in [5.41, 5.74) is 2.62. The Bertz CT molecular complexity index is 916. The van der Waals surface area contributed by atoms with E-state index in [2.05, 4.69) is 10.6 Å². The molecule has 0 fully saturated rings. The molecule has 0 saturated heterocycles. The van der Waals surface area contributed by atoms with Gasteiger partial charge >= 0.3 is 0 Å². The zero-order valence-electron chi connectivity index (χ0n) is 13.6. The SMILES string of the molecule is Cc1ccc(NC(=O)c2oc3ccccc3c2NC(=O)CCCl)cc1. The molecule has 5 nitrogen and oxygen atoms in total. The lowest BCUT2D eigenvalue weighted by Gasteiger charge is -2.07. The molecule has 2 amide bonds. The van der Waals surface area contributed by atoms with Crippen LogP contribution in [0.2, 0.25) is 0 Å². The van der Waals surface area contributed by atoms with Crippen LogP contribution in [0.5, 0.6) is 0 Å². The van der Waals surface area contributed by atoms with Crippen LogP contribution in [0.15, 0.2) is 52.9 Å². The van der Waals surface area contributed by atoms with Gasteiger partial charge in [-0.3, -0.25) is 9.59 Å². The Morgan fingerprint density at radius 3 is 2.48 bits per heavy atom. The number of benzene rings is 2. The summed E-state index contributed by atoms with van der Waals surface area (Å²) in [6, 6.07) is 14.6. The molecule has 25 heavy (non-hydrogen) atoms. The number of nitrogens with one attached hydrogen (secondary N) is 2. The Morgan fingerprint density at radius 1 is 1.04 bits per heavy atom. The summed E-state index contributed by atoms with van der Waals surface area (Å²) < 4.78 is 5.68. The molecular weight excluding hydrogens is 340 g/mol. The van der Waals surface area contributed by atoms with E-state index < -0.39 is 5.91 Å². The summed E-state index contributed by atoms with van der Waals surface area (Å²) in [4.78, 5) is 24.6. The fourth-order valence-electron chi connectivity index (χ4n) is 2.44. The van der Waals surface area contributed by atoms with E-state index in [0.717, 1.165) is 5.56 Å². The molecule has 2 aromatic carbocycles. The number of hydrogen-bond donors (Lipinski definition) is 2. The molecule has 2 N–H and O–H groups in total. The molecule has 6 heteroatoms. The van der Waals surface area contributed by atoms with Crippen molar-refractivity contribution in [2.45, 2.75) is 13.3 Å². The summed E-state index contributed by atoms with van der Waals surface area (Å²) in [6.07, 6.45) is 0.153. The largest absolute Gasteiger partial charge is 0.449 e. The maximum absolute atomic E-state index is 12.6. The highest BCUT2D eigenvalue weighted by Gasteiger charge is 2.22. The van der Waals surface area contributed by atoms with Crippen molar-refractivity contribution >= 4 is 45.8 Å². The van der Waals surface area contributed by atoms with Crippen LogP contribution >= 0.6 is 11.6 Å². The summed E-state index contributed by atoms with van der Waals surface area (Å²) >= 11 is 5.61. The van der Waals surface area contributed by atoms with Crippen molar-refractivity contribution in [1.82, 2.24) is 0 Å². The normalized spacial score (nSPS) is 10.6. The molecule has 0 aliphatic heterocycles. The van der Waals surface area contributed by atoms with Crippen molar-refractivity contribution < 1.29 is 14.0 Å². The van der Waals surface area contributed by atoms with Crippen LogP contribution in [0.1, 0.15) is 22.5 Å². The predicted molar refractivity (Wildman–Crippen MR) is 99.3 cm³/mol. The zero-order chi connectivity index (χ0) is 17.8. The third-order valence-corrected chi connectivity index (χ3v) is 3.89. The van der Waals surface area contributed by atoms with E-state index in [0.29, 0.717) is 22.3 Å². The third kappa shape index (κ3) is 3.83. The first-order valence-corrected chi connectivity index (χ1v) is 8.37. The average Bonchev–Trinajstić information content (AvgIpc) is 2.96. The van der Waals surface area contributed by atoms with Crippen molar-refractivity contribution in [3.05, 3.63) is 59.9 Å². The van der Waals surface area contributed by atoms with Crippen molar-refractivity contribution in [2.75, 3.05) is 16.5 Å². The Balaban J connectivity index is 1.94. The van der Waals surface area contributed by atoms with Gasteiger partial charge in [-0.15, -0.1) is 11.6 Å². The summed E-state index contributed by atoms with van der Waals surface area (Å²) in [5, 5.41) is 6.18. The molecule has 1 aromatic heterocycles. The van der Waals surface area contributed by atoms with Crippen LogP contribution in [-0.2, 0) is 4.79 Å². The van der Waals surface area contributed by atoms with Gasteiger partial charge in [0.2, 0.25) is 11.7 Å². The molecular formula is C19H17ClN2O3. The number of anilines is 2. The minimum absolute atomic E-state index is 0.0599. The number of carbonyl (C=O) groups is 2. The summed E-state index contributed by atoms with van der Waals surface area (Å²) in [7, 11) is 0. The Morgan fingerprint density at radius 2 is 1.76 bits per heavy atom. The number of alkyl halides is 1. The number of halogens is 1. The second kappa shape index (κ2) is 7.40. The van der Waals surface area contributed by atoms with E-state index in [9.17, 15) is 9.59 Å². The second-order valence-corrected chi connectivity index (χ2v) is 5.99. The highest BCUT2D eigenvalue weighted by Crippen LogP contribution is 2.31. The molecule has 0 saturated carbocycles. The lowest BCUT2D eigenvalue weighted by molar-refractivity contribution is -0.115. The van der Waals surface area contributed by atoms with E-state index >= 15 is 0 Å². The highest BCUT2D eigenvalue weighted by molar-refractivity contribution is 6.20. The van der Waals surface area contributed by atoms with Gasteiger partial charge in [0.1, 0.15) is 11.3 Å². The molecule has 0 aliphatic rings. The van der Waals surface area contributed by atoms with Crippen molar-refractivity contribution in [2.24, 2.45) is 0 Å². The molecule has 0 radical (unpaired) electrons. The number of para-hydroxylation sites is 1. The molecule has 3 rings (SSSR count). The van der Waals surface area contributed by atoms with Crippen LogP contribution in [0.3, 0.4) is 0 Å². The van der Waals surface area contributed by atoms with Gasteiger partial charge in [-0.05, 0) is 31.2 Å². The smallest absolute Gasteiger partial charge is 0.293 e. The van der Waals surface area contributed by atoms with Crippen LogP contribution in [0.25, 0.3) is 11.0 Å². The number of aryl methyl sites for hydroxylation is 1. The monoisotopic (exact) mass is 356 g/mol. The molecule has 0 atom stereocenters. The molecule has 128 valence electrons. The molecule has 0 bridgehead atoms. The number of carbonyl (C=O) groups excluding carboxylic acids is 2. The number of fused-ring (bicyclic) bond motifs is 1. The van der Waals surface area contributed by atoms with Gasteiger partial charge in [0.25, 0.3) is 5.91 Å². The molecule has 1 heterocycles. The fourth-order valence-corrected chi connectivity index (χ4v) is 2.61. The lowest BCUT2D eigenvalue weighted by Crippen LogP contribution is -2.17. The quantitative estimate of drug-likeness (QED) is 0.658. The van der Waals surface area contributed by atoms with E-state index in [-0.39, 0.29) is 24.0 Å². The molecule has 0 aliphatic carbocycles. The van der Waals surface area contributed by atoms with Crippen molar-refractivity contribution in [3.8, 4) is 0 Å². The Kier molecular flexibility index (Phi) is 5.05. The van der Waals surface area contributed by atoms with Gasteiger partial charge in [-0.2, -0.15) is 0 Å². The molecule has 3 aromatic rings. The van der Waals surface area contributed by atoms with E-state index in [1.807, 2.05) is 37.3 Å². The summed E-state index contributed by atoms with van der Waals surface area (Å²) in [5.74, 6) is -0.441. The van der Waals surface area contributed by atoms with Gasteiger partial charge in [0.15, 0.2) is 0 Å². The second-order valence-electron chi connectivity index (χ2n) is 5.61. The Hall–Kier alpha value is -2.79. The third-order valence-electron chi connectivity index (χ3n) is 3.70. The van der Waals surface area contributed by atoms with E-state index in [1.165, 1.54) is 0 Å². The van der Waals surface area contributed by atoms with Crippen molar-refractivity contribution in [3.63, 3.8) is 0 Å². The number of hydrogen-bond acceptors (Lipinski definition) is 3.